The van der Waals surface area contributed by atoms with Gasteiger partial charge in [0.05, 0.1) is 0 Å². The van der Waals surface area contributed by atoms with Crippen molar-refractivity contribution in [3.05, 3.63) is 279 Å². The van der Waals surface area contributed by atoms with Crippen LogP contribution in [0.4, 0.5) is 68.2 Å². The molecule has 6 aliphatic rings. The molecule has 13 aromatic carbocycles. The molecular formula is C74H46Ge2N4O2. The maximum absolute atomic E-state index is 8.40. The summed E-state index contributed by atoms with van der Waals surface area (Å²) in [5, 5.41) is 4.66. The summed E-state index contributed by atoms with van der Waals surface area (Å²) in [5.74, 6) is 3.67. The third kappa shape index (κ3) is 5.47. The van der Waals surface area contributed by atoms with Crippen LogP contribution < -0.4 is 64.2 Å². The van der Waals surface area contributed by atoms with Crippen molar-refractivity contribution in [2.75, 3.05) is 19.6 Å². The number of hydrogen-bond donors (Lipinski definition) is 0. The molecule has 6 heterocycles. The molecule has 0 saturated heterocycles. The van der Waals surface area contributed by atoms with Gasteiger partial charge in [-0.05, 0) is 0 Å². The molecule has 2 atom stereocenters. The molecule has 0 amide bonds. The van der Waals surface area contributed by atoms with E-state index in [9.17, 15) is 0 Å². The van der Waals surface area contributed by atoms with E-state index < -0.39 is 26.5 Å². The van der Waals surface area contributed by atoms with Gasteiger partial charge in [0, 0.05) is 0 Å². The Hall–Kier alpha value is -9.73. The zero-order valence-corrected chi connectivity index (χ0v) is 48.4. The number of nitrogens with zero attached hydrogens (tertiary/aromatic N) is 4. The van der Waals surface area contributed by atoms with Crippen molar-refractivity contribution in [3.8, 4) is 23.0 Å². The number of benzene rings is 13. The summed E-state index contributed by atoms with van der Waals surface area (Å²) in [4.78, 5) is 10.3. The number of anilines is 12. The average molecular weight is 1170 g/mol. The molecule has 19 rings (SSSR count). The second kappa shape index (κ2) is 16.4. The fraction of sp³-hybridized carbons (Fsp3) is 0. The van der Waals surface area contributed by atoms with Crippen LogP contribution in [0.2, 0.25) is 0 Å². The van der Waals surface area contributed by atoms with E-state index in [1.165, 1.54) is 80.1 Å². The number of rotatable bonds is 6. The number of fused-ring (bicyclic) bond motifs is 6. The minimum atomic E-state index is -4.55. The molecule has 0 saturated carbocycles. The summed E-state index contributed by atoms with van der Waals surface area (Å²) in [6.07, 6.45) is 0. The van der Waals surface area contributed by atoms with Crippen LogP contribution in [0.15, 0.2) is 279 Å². The molecule has 0 aliphatic carbocycles. The van der Waals surface area contributed by atoms with E-state index in [4.69, 9.17) is 9.47 Å². The van der Waals surface area contributed by atoms with Crippen molar-refractivity contribution >= 4 is 151 Å². The van der Waals surface area contributed by atoms with Crippen molar-refractivity contribution in [1.82, 2.24) is 0 Å². The second-order valence-electron chi connectivity index (χ2n) is 22.2. The van der Waals surface area contributed by atoms with Gasteiger partial charge in [0.1, 0.15) is 0 Å². The van der Waals surface area contributed by atoms with Crippen LogP contribution in [0.25, 0.3) is 21.5 Å². The SMILES string of the molecule is c1ccc(N2c3cccc4[c]3[Ge]3([c]5ccccc5)[c]5c(c6[c]7c(c52)Oc2cc5ccccc5c5[c]2[Ge]7([c]2ccccc2)[c]2c(cccc2N5c2ccccc2)N6c2ccccc2)Oc2cc5ccccc5c([c]23)N4c2ccccc2)cc1. The van der Waals surface area contributed by atoms with Gasteiger partial charge in [0.2, 0.25) is 0 Å². The van der Waals surface area contributed by atoms with E-state index in [2.05, 4.69) is 299 Å². The molecule has 13 aromatic rings. The standard InChI is InChI=1S/C74H46Ge2N4O2/c1-7-27-49(28-8-1)75-63-57-41-23-43-59(63)79(53-35-15-5-16-36-53)71-67(75)73(81-61-45-47-25-19-21-39-55(47)69(65(61)75)77(57)51-31-11-3-12-32-51)72-68-74(71)82-62-46-48-26-20-22-40-56(48)70-66(62)76(68,50-29-9-2-10-30-50)64-58(78(70)52-33-13-4-14-34-52)42-24-44-60(64)80(72)54-37-17-6-18-38-54/h1-46H. The van der Waals surface area contributed by atoms with Crippen LogP contribution in [-0.2, 0) is 0 Å². The average Bonchev–Trinajstić information content (AvgIpc) is 0.765. The van der Waals surface area contributed by atoms with Crippen LogP contribution in [0.1, 0.15) is 0 Å². The number of ether oxygens (including phenoxy) is 2. The van der Waals surface area contributed by atoms with Gasteiger partial charge in [-0.25, -0.2) is 0 Å². The third-order valence-corrected chi connectivity index (χ3v) is 39.0. The summed E-state index contributed by atoms with van der Waals surface area (Å²) in [6, 6.07) is 104. The molecule has 2 unspecified atom stereocenters. The Bertz CT molecular complexity index is 4590. The van der Waals surface area contributed by atoms with Crippen molar-refractivity contribution in [2.24, 2.45) is 0 Å². The van der Waals surface area contributed by atoms with E-state index in [0.717, 1.165) is 67.9 Å². The zero-order chi connectivity index (χ0) is 53.4. The van der Waals surface area contributed by atoms with Gasteiger partial charge in [-0.2, -0.15) is 0 Å². The first-order chi connectivity index (χ1) is 40.7. The van der Waals surface area contributed by atoms with E-state index in [1.54, 1.807) is 0 Å². The van der Waals surface area contributed by atoms with Crippen molar-refractivity contribution in [2.45, 2.75) is 0 Å². The number of hydrogen-bond acceptors (Lipinski definition) is 6. The predicted molar refractivity (Wildman–Crippen MR) is 342 cm³/mol. The Morgan fingerprint density at radius 1 is 0.244 bits per heavy atom. The minimum absolute atomic E-state index is 0.915. The first kappa shape index (κ1) is 45.0. The van der Waals surface area contributed by atoms with Crippen LogP contribution in [-0.4, -0.2) is 26.5 Å². The molecule has 0 bridgehead atoms. The monoisotopic (exact) mass is 1170 g/mol. The van der Waals surface area contributed by atoms with Gasteiger partial charge in [0.15, 0.2) is 0 Å². The van der Waals surface area contributed by atoms with Gasteiger partial charge < -0.3 is 0 Å². The molecule has 0 radical (unpaired) electrons. The summed E-state index contributed by atoms with van der Waals surface area (Å²) in [5.41, 5.74) is 13.6. The Labute approximate surface area is 479 Å². The molecule has 0 fully saturated rings. The third-order valence-electron chi connectivity index (χ3n) is 18.4. The molecule has 0 spiro atoms. The van der Waals surface area contributed by atoms with E-state index in [0.29, 0.717) is 0 Å². The first-order valence-corrected chi connectivity index (χ1v) is 36.7. The second-order valence-corrected chi connectivity index (χ2v) is 37.2. The van der Waals surface area contributed by atoms with Gasteiger partial charge >= 0.3 is 483 Å². The fourth-order valence-corrected chi connectivity index (χ4v) is 39.3. The molecule has 0 aromatic heterocycles. The van der Waals surface area contributed by atoms with Crippen molar-refractivity contribution in [1.29, 1.82) is 0 Å². The van der Waals surface area contributed by atoms with Gasteiger partial charge in [-0.3, -0.25) is 0 Å². The Morgan fingerprint density at radius 3 is 0.878 bits per heavy atom. The van der Waals surface area contributed by atoms with Gasteiger partial charge in [0.25, 0.3) is 0 Å². The molecule has 382 valence electrons. The Morgan fingerprint density at radius 2 is 0.537 bits per heavy atom. The fourth-order valence-electron chi connectivity index (χ4n) is 15.6. The van der Waals surface area contributed by atoms with Crippen LogP contribution in [0, 0.1) is 0 Å². The zero-order valence-electron chi connectivity index (χ0n) is 44.2. The van der Waals surface area contributed by atoms with E-state index >= 15 is 0 Å². The summed E-state index contributed by atoms with van der Waals surface area (Å²) >= 11 is -9.10. The molecule has 8 heteroatoms. The predicted octanol–water partition coefficient (Wildman–Crippen LogP) is 14.1. The normalized spacial score (nSPS) is 17.5. The van der Waals surface area contributed by atoms with Crippen molar-refractivity contribution in [3.63, 3.8) is 0 Å². The summed E-state index contributed by atoms with van der Waals surface area (Å²) in [7, 11) is 0. The van der Waals surface area contributed by atoms with E-state index in [1.807, 2.05) is 0 Å². The van der Waals surface area contributed by atoms with Crippen LogP contribution >= 0.6 is 0 Å². The molecule has 0 N–H and O–H groups in total. The molecule has 82 heavy (non-hydrogen) atoms. The van der Waals surface area contributed by atoms with Gasteiger partial charge in [-0.1, -0.05) is 0 Å². The number of para-hydroxylation sites is 4. The van der Waals surface area contributed by atoms with E-state index in [-0.39, 0.29) is 0 Å². The first-order valence-electron chi connectivity index (χ1n) is 28.3. The van der Waals surface area contributed by atoms with Crippen LogP contribution in [0.3, 0.4) is 0 Å². The summed E-state index contributed by atoms with van der Waals surface area (Å²) < 4.78 is 27.3. The Kier molecular flexibility index (Phi) is 9.03. The molecular weight excluding hydrogens is 1120 g/mol. The Balaban J connectivity index is 1.09. The molecule has 6 aliphatic heterocycles. The van der Waals surface area contributed by atoms with Crippen LogP contribution in [0.5, 0.6) is 23.0 Å². The van der Waals surface area contributed by atoms with Crippen molar-refractivity contribution < 1.29 is 9.47 Å². The molecule has 6 nitrogen and oxygen atoms in total. The van der Waals surface area contributed by atoms with Gasteiger partial charge in [-0.15, -0.1) is 0 Å². The summed E-state index contributed by atoms with van der Waals surface area (Å²) in [6.45, 7) is 0. The maximum atomic E-state index is 8.40. The quantitative estimate of drug-likeness (QED) is 0.154. The topological polar surface area (TPSA) is 31.4 Å².